The molecule has 0 atom stereocenters. The summed E-state index contributed by atoms with van der Waals surface area (Å²) in [5.74, 6) is -0.315. The first-order valence-corrected chi connectivity index (χ1v) is 7.85. The molecule has 0 aliphatic carbocycles. The summed E-state index contributed by atoms with van der Waals surface area (Å²) in [5, 5.41) is 11.9. The molecule has 2 heterocycles. The van der Waals surface area contributed by atoms with E-state index in [0.717, 1.165) is 16.7 Å². The average molecular weight is 384 g/mol. The van der Waals surface area contributed by atoms with Crippen LogP contribution in [0, 0.1) is 6.92 Å². The maximum atomic E-state index is 12.8. The van der Waals surface area contributed by atoms with Crippen LogP contribution in [0.1, 0.15) is 16.8 Å². The predicted octanol–water partition coefficient (Wildman–Crippen LogP) is 4.20. The van der Waals surface area contributed by atoms with Crippen molar-refractivity contribution in [3.05, 3.63) is 58.5 Å². The smallest absolute Gasteiger partial charge is 0.417 e. The summed E-state index contributed by atoms with van der Waals surface area (Å²) >= 11 is 5.88. The van der Waals surface area contributed by atoms with E-state index in [1.807, 2.05) is 0 Å². The van der Waals surface area contributed by atoms with Gasteiger partial charge >= 0.3 is 6.18 Å². The Balaban J connectivity index is 1.82. The van der Waals surface area contributed by atoms with E-state index in [9.17, 15) is 23.1 Å². The minimum Gasteiger partial charge on any atom is -0.508 e. The average Bonchev–Trinajstić information content (AvgIpc) is 2.92. The number of alkyl halides is 3. The Kier molecular flexibility index (Phi) is 4.53. The summed E-state index contributed by atoms with van der Waals surface area (Å²) in [6, 6.07) is 5.29. The van der Waals surface area contributed by atoms with Gasteiger partial charge in [-0.1, -0.05) is 11.6 Å². The van der Waals surface area contributed by atoms with Gasteiger partial charge < -0.3 is 14.8 Å². The third kappa shape index (κ3) is 3.75. The number of fused-ring (bicyclic) bond motifs is 1. The van der Waals surface area contributed by atoms with Crippen LogP contribution < -0.4 is 5.32 Å². The highest BCUT2D eigenvalue weighted by Gasteiger charge is 2.32. The molecule has 26 heavy (non-hydrogen) atoms. The summed E-state index contributed by atoms with van der Waals surface area (Å²) in [7, 11) is 0. The number of carbonyl (C=O) groups excluding carboxylic acids is 1. The second kappa shape index (κ2) is 6.53. The van der Waals surface area contributed by atoms with Crippen LogP contribution in [0.2, 0.25) is 5.02 Å². The summed E-state index contributed by atoms with van der Waals surface area (Å²) in [4.78, 5) is 16.3. The van der Waals surface area contributed by atoms with Gasteiger partial charge in [0.25, 0.3) is 0 Å². The highest BCUT2D eigenvalue weighted by Crippen LogP contribution is 2.32. The number of phenolic OH excluding ortho intramolecular Hbond substituents is 1. The Morgan fingerprint density at radius 3 is 2.69 bits per heavy atom. The zero-order valence-electron chi connectivity index (χ0n) is 13.4. The van der Waals surface area contributed by atoms with E-state index in [4.69, 9.17) is 11.6 Å². The Bertz CT molecular complexity index is 999. The molecule has 0 aliphatic rings. The van der Waals surface area contributed by atoms with Crippen LogP contribution >= 0.6 is 11.6 Å². The Morgan fingerprint density at radius 2 is 2.04 bits per heavy atom. The van der Waals surface area contributed by atoms with Gasteiger partial charge in [0.15, 0.2) is 5.65 Å². The number of nitrogens with one attached hydrogen (secondary N) is 1. The fourth-order valence-corrected chi connectivity index (χ4v) is 2.75. The Hall–Kier alpha value is -2.74. The van der Waals surface area contributed by atoms with Crippen molar-refractivity contribution in [1.29, 1.82) is 0 Å². The molecule has 0 radical (unpaired) electrons. The Labute approximate surface area is 151 Å². The van der Waals surface area contributed by atoms with Gasteiger partial charge in [-0.15, -0.1) is 0 Å². The lowest BCUT2D eigenvalue weighted by molar-refractivity contribution is -0.137. The van der Waals surface area contributed by atoms with Crippen molar-refractivity contribution in [3.63, 3.8) is 0 Å². The number of halogens is 4. The number of carbonyl (C=O) groups is 1. The van der Waals surface area contributed by atoms with Crippen molar-refractivity contribution in [2.45, 2.75) is 19.5 Å². The number of anilines is 1. The quantitative estimate of drug-likeness (QED) is 0.666. The number of rotatable bonds is 3. The highest BCUT2D eigenvalue weighted by atomic mass is 35.5. The number of aryl methyl sites for hydroxylation is 1. The van der Waals surface area contributed by atoms with E-state index in [-0.39, 0.29) is 28.5 Å². The number of hydrogen-bond acceptors (Lipinski definition) is 3. The van der Waals surface area contributed by atoms with Gasteiger partial charge in [0.2, 0.25) is 5.91 Å². The van der Waals surface area contributed by atoms with Gasteiger partial charge in [-0.05, 0) is 36.8 Å². The van der Waals surface area contributed by atoms with Crippen molar-refractivity contribution in [2.75, 3.05) is 5.32 Å². The molecule has 0 bridgehead atoms. The highest BCUT2D eigenvalue weighted by molar-refractivity contribution is 6.33. The van der Waals surface area contributed by atoms with Crippen molar-refractivity contribution in [1.82, 2.24) is 9.38 Å². The first-order chi connectivity index (χ1) is 12.1. The standard InChI is InChI=1S/C17H13ClF3N3O2/c1-9-4-12(25)2-3-14(9)23-15(26)6-11-8-24-7-10(17(19,20)21)5-13(18)16(24)22-11/h2-5,7-8,25H,6H2,1H3,(H,23,26). The van der Waals surface area contributed by atoms with Crippen LogP contribution in [0.25, 0.3) is 5.65 Å². The third-order valence-corrected chi connectivity index (χ3v) is 3.99. The van der Waals surface area contributed by atoms with Gasteiger partial charge in [0, 0.05) is 18.1 Å². The zero-order chi connectivity index (χ0) is 19.1. The molecule has 1 amide bonds. The molecular weight excluding hydrogens is 371 g/mol. The maximum absolute atomic E-state index is 12.8. The number of benzene rings is 1. The molecule has 2 aromatic heterocycles. The van der Waals surface area contributed by atoms with Gasteiger partial charge in [-0.3, -0.25) is 4.79 Å². The van der Waals surface area contributed by atoms with Crippen molar-refractivity contribution >= 4 is 28.8 Å². The first-order valence-electron chi connectivity index (χ1n) is 7.47. The van der Waals surface area contributed by atoms with Gasteiger partial charge in [-0.2, -0.15) is 13.2 Å². The summed E-state index contributed by atoms with van der Waals surface area (Å²) in [6.45, 7) is 1.72. The normalized spacial score (nSPS) is 11.7. The first kappa shape index (κ1) is 18.1. The second-order valence-corrected chi connectivity index (χ2v) is 6.17. The number of amides is 1. The summed E-state index contributed by atoms with van der Waals surface area (Å²) in [5.41, 5.74) is 0.715. The molecule has 5 nitrogen and oxygen atoms in total. The molecule has 3 aromatic rings. The second-order valence-electron chi connectivity index (χ2n) is 5.76. The van der Waals surface area contributed by atoms with Gasteiger partial charge in [0.1, 0.15) is 5.75 Å². The summed E-state index contributed by atoms with van der Waals surface area (Å²) in [6.07, 6.45) is -2.46. The molecule has 0 spiro atoms. The SMILES string of the molecule is Cc1cc(O)ccc1NC(=O)Cc1cn2cc(C(F)(F)F)cc(Cl)c2n1. The van der Waals surface area contributed by atoms with Gasteiger partial charge in [-0.25, -0.2) is 4.98 Å². The minimum atomic E-state index is -4.53. The fraction of sp³-hybridized carbons (Fsp3) is 0.176. The Morgan fingerprint density at radius 1 is 1.31 bits per heavy atom. The molecule has 0 fully saturated rings. The van der Waals surface area contributed by atoms with Crippen LogP contribution in [0.15, 0.2) is 36.7 Å². The van der Waals surface area contributed by atoms with Crippen LogP contribution in [0.5, 0.6) is 5.75 Å². The molecular formula is C17H13ClF3N3O2. The molecule has 9 heteroatoms. The zero-order valence-corrected chi connectivity index (χ0v) is 14.2. The van der Waals surface area contributed by atoms with E-state index in [2.05, 4.69) is 10.3 Å². The lowest BCUT2D eigenvalue weighted by atomic mass is 10.2. The minimum absolute atomic E-state index is 0.0796. The van der Waals surface area contributed by atoms with Crippen molar-refractivity contribution in [3.8, 4) is 5.75 Å². The van der Waals surface area contributed by atoms with Crippen LogP contribution in [0.4, 0.5) is 18.9 Å². The number of aromatic hydroxyl groups is 1. The topological polar surface area (TPSA) is 66.6 Å². The monoisotopic (exact) mass is 383 g/mol. The molecule has 1 aromatic carbocycles. The maximum Gasteiger partial charge on any atom is 0.417 e. The van der Waals surface area contributed by atoms with Crippen LogP contribution in [-0.2, 0) is 17.4 Å². The number of aromatic nitrogens is 2. The molecule has 2 N–H and O–H groups in total. The number of imidazole rings is 1. The van der Waals surface area contributed by atoms with E-state index in [1.54, 1.807) is 13.0 Å². The van der Waals surface area contributed by atoms with E-state index >= 15 is 0 Å². The van der Waals surface area contributed by atoms with E-state index in [0.29, 0.717) is 11.3 Å². The third-order valence-electron chi connectivity index (χ3n) is 3.71. The number of pyridine rings is 1. The molecule has 136 valence electrons. The van der Waals surface area contributed by atoms with Crippen molar-refractivity contribution < 1.29 is 23.1 Å². The lowest BCUT2D eigenvalue weighted by Crippen LogP contribution is -2.15. The molecule has 0 unspecified atom stereocenters. The lowest BCUT2D eigenvalue weighted by Gasteiger charge is -2.07. The molecule has 0 saturated carbocycles. The molecule has 0 saturated heterocycles. The largest absolute Gasteiger partial charge is 0.508 e. The van der Waals surface area contributed by atoms with Crippen molar-refractivity contribution in [2.24, 2.45) is 0 Å². The molecule has 3 rings (SSSR count). The van der Waals surface area contributed by atoms with Gasteiger partial charge in [0.05, 0.1) is 22.7 Å². The van der Waals surface area contributed by atoms with E-state index in [1.165, 1.54) is 18.3 Å². The van der Waals surface area contributed by atoms with Crippen LogP contribution in [-0.4, -0.2) is 20.4 Å². The van der Waals surface area contributed by atoms with E-state index < -0.39 is 17.6 Å². The number of phenols is 1. The van der Waals surface area contributed by atoms with Crippen LogP contribution in [0.3, 0.4) is 0 Å². The molecule has 0 aliphatic heterocycles. The number of nitrogens with zero attached hydrogens (tertiary/aromatic N) is 2. The summed E-state index contributed by atoms with van der Waals surface area (Å²) < 4.78 is 39.7. The fourth-order valence-electron chi connectivity index (χ4n) is 2.49. The number of hydrogen-bond donors (Lipinski definition) is 2. The predicted molar refractivity (Wildman–Crippen MR) is 90.4 cm³/mol.